The van der Waals surface area contributed by atoms with Crippen LogP contribution in [0.1, 0.15) is 5.56 Å². The highest BCUT2D eigenvalue weighted by atomic mass is 32.2. The van der Waals surface area contributed by atoms with E-state index in [1.807, 2.05) is 0 Å². The fourth-order valence-corrected chi connectivity index (χ4v) is 4.70. The summed E-state index contributed by atoms with van der Waals surface area (Å²) >= 11 is 0. The Balaban J connectivity index is 1.88. The molecule has 0 aliphatic rings. The molecule has 0 aliphatic carbocycles. The Morgan fingerprint density at radius 3 is 1.70 bits per heavy atom. The van der Waals surface area contributed by atoms with Crippen LogP contribution in [0, 0.1) is 0 Å². The lowest BCUT2D eigenvalue weighted by atomic mass is 10.2. The Labute approximate surface area is 171 Å². The third kappa shape index (κ3) is 5.10. The number of rotatable bonds is 6. The maximum absolute atomic E-state index is 12.9. The monoisotopic (exact) mass is 456 g/mol. The van der Waals surface area contributed by atoms with Crippen LogP contribution >= 0.6 is 0 Å². The normalized spacial score (nSPS) is 12.4. The third-order valence-electron chi connectivity index (χ3n) is 3.89. The molecule has 0 unspecified atom stereocenters. The molecular weight excluding hydrogens is 441 g/mol. The Morgan fingerprint density at radius 1 is 0.600 bits per heavy atom. The molecular formula is C19H15F3N2O4S2. The van der Waals surface area contributed by atoms with Gasteiger partial charge in [0.05, 0.1) is 21.0 Å². The van der Waals surface area contributed by atoms with Gasteiger partial charge < -0.3 is 0 Å². The summed E-state index contributed by atoms with van der Waals surface area (Å²) in [5, 5.41) is 0. The van der Waals surface area contributed by atoms with Crippen LogP contribution in [0.15, 0.2) is 88.7 Å². The molecule has 0 heterocycles. The molecule has 0 bridgehead atoms. The van der Waals surface area contributed by atoms with Crippen molar-refractivity contribution in [3.8, 4) is 0 Å². The summed E-state index contributed by atoms with van der Waals surface area (Å²) in [6, 6.07) is 16.2. The lowest BCUT2D eigenvalue weighted by Crippen LogP contribution is -2.16. The molecule has 2 N–H and O–H groups in total. The average molecular weight is 456 g/mol. The van der Waals surface area contributed by atoms with E-state index in [-0.39, 0.29) is 10.6 Å². The van der Waals surface area contributed by atoms with Crippen molar-refractivity contribution >= 4 is 31.4 Å². The van der Waals surface area contributed by atoms with Gasteiger partial charge >= 0.3 is 6.18 Å². The van der Waals surface area contributed by atoms with E-state index in [1.54, 1.807) is 18.2 Å². The van der Waals surface area contributed by atoms with Crippen LogP contribution in [-0.2, 0) is 26.2 Å². The van der Waals surface area contributed by atoms with Gasteiger partial charge in [-0.15, -0.1) is 0 Å². The van der Waals surface area contributed by atoms with Gasteiger partial charge in [0, 0.05) is 5.69 Å². The minimum atomic E-state index is -4.71. The van der Waals surface area contributed by atoms with E-state index >= 15 is 0 Å². The number of hydrogen-bond donors (Lipinski definition) is 2. The summed E-state index contributed by atoms with van der Waals surface area (Å²) < 4.78 is 93.1. The van der Waals surface area contributed by atoms with E-state index in [0.29, 0.717) is 11.8 Å². The predicted molar refractivity (Wildman–Crippen MR) is 106 cm³/mol. The van der Waals surface area contributed by atoms with Crippen LogP contribution in [-0.4, -0.2) is 16.8 Å². The second-order valence-electron chi connectivity index (χ2n) is 6.13. The molecule has 3 aromatic carbocycles. The van der Waals surface area contributed by atoms with Gasteiger partial charge in [-0.3, -0.25) is 9.44 Å². The molecule has 0 aliphatic heterocycles. The van der Waals surface area contributed by atoms with Gasteiger partial charge in [0.25, 0.3) is 20.0 Å². The van der Waals surface area contributed by atoms with E-state index in [2.05, 4.69) is 9.44 Å². The lowest BCUT2D eigenvalue weighted by molar-refractivity contribution is -0.137. The number of para-hydroxylation sites is 1. The summed E-state index contributed by atoms with van der Waals surface area (Å²) in [5.41, 5.74) is -0.926. The molecule has 0 aromatic heterocycles. The zero-order chi connectivity index (χ0) is 22.0. The highest BCUT2D eigenvalue weighted by Crippen LogP contribution is 2.31. The molecule has 0 fully saturated rings. The van der Waals surface area contributed by atoms with E-state index in [0.717, 1.165) is 24.3 Å². The average Bonchev–Trinajstić information content (AvgIpc) is 2.68. The van der Waals surface area contributed by atoms with Gasteiger partial charge in [-0.1, -0.05) is 30.3 Å². The van der Waals surface area contributed by atoms with Crippen LogP contribution in [0.5, 0.6) is 0 Å². The van der Waals surface area contributed by atoms with Crippen molar-refractivity contribution in [3.05, 3.63) is 84.4 Å². The number of nitrogens with one attached hydrogen (secondary N) is 2. The molecule has 158 valence electrons. The van der Waals surface area contributed by atoms with E-state index in [1.165, 1.54) is 30.3 Å². The number of anilines is 2. The summed E-state index contributed by atoms with van der Waals surface area (Å²) in [4.78, 5) is -0.830. The zero-order valence-corrected chi connectivity index (χ0v) is 16.7. The van der Waals surface area contributed by atoms with Gasteiger partial charge in [-0.2, -0.15) is 13.2 Å². The molecule has 0 radical (unpaired) electrons. The molecule has 6 nitrogen and oxygen atoms in total. The minimum Gasteiger partial charge on any atom is -0.280 e. The van der Waals surface area contributed by atoms with Gasteiger partial charge in [-0.25, -0.2) is 16.8 Å². The van der Waals surface area contributed by atoms with E-state index in [9.17, 15) is 30.0 Å². The first kappa shape index (κ1) is 21.7. The molecule has 0 spiro atoms. The van der Waals surface area contributed by atoms with Crippen molar-refractivity contribution in [2.24, 2.45) is 0 Å². The van der Waals surface area contributed by atoms with Crippen LogP contribution in [0.3, 0.4) is 0 Å². The highest BCUT2D eigenvalue weighted by Gasteiger charge is 2.31. The minimum absolute atomic E-state index is 0.122. The first-order chi connectivity index (χ1) is 14.0. The van der Waals surface area contributed by atoms with Crippen LogP contribution < -0.4 is 9.44 Å². The summed E-state index contributed by atoms with van der Waals surface area (Å²) in [7, 11) is -8.40. The Morgan fingerprint density at radius 2 is 1.10 bits per heavy atom. The second-order valence-corrected chi connectivity index (χ2v) is 9.50. The number of alkyl halides is 3. The molecule has 30 heavy (non-hydrogen) atoms. The summed E-state index contributed by atoms with van der Waals surface area (Å²) in [6.07, 6.45) is -4.71. The van der Waals surface area contributed by atoms with Gasteiger partial charge in [0.2, 0.25) is 0 Å². The Hall–Kier alpha value is -3.05. The van der Waals surface area contributed by atoms with E-state index in [4.69, 9.17) is 0 Å². The molecule has 0 saturated heterocycles. The first-order valence-electron chi connectivity index (χ1n) is 8.35. The maximum Gasteiger partial charge on any atom is 0.416 e. The van der Waals surface area contributed by atoms with Crippen molar-refractivity contribution < 1.29 is 30.0 Å². The molecule has 3 aromatic rings. The topological polar surface area (TPSA) is 92.3 Å². The SMILES string of the molecule is O=S(=O)(Nc1ccccc1)c1cccc(NS(=O)(=O)c2cccc(C(F)(F)F)c2)c1. The fraction of sp³-hybridized carbons (Fsp3) is 0.0526. The van der Waals surface area contributed by atoms with Gasteiger partial charge in [-0.05, 0) is 48.5 Å². The number of halogens is 3. The smallest absolute Gasteiger partial charge is 0.280 e. The zero-order valence-electron chi connectivity index (χ0n) is 15.1. The summed E-state index contributed by atoms with van der Waals surface area (Å²) in [5.74, 6) is 0. The first-order valence-corrected chi connectivity index (χ1v) is 11.3. The third-order valence-corrected chi connectivity index (χ3v) is 6.65. The summed E-state index contributed by atoms with van der Waals surface area (Å²) in [6.45, 7) is 0. The van der Waals surface area contributed by atoms with Crippen LogP contribution in [0.2, 0.25) is 0 Å². The van der Waals surface area contributed by atoms with Crippen molar-refractivity contribution in [3.63, 3.8) is 0 Å². The lowest BCUT2D eigenvalue weighted by Gasteiger charge is -2.12. The molecule has 0 amide bonds. The maximum atomic E-state index is 12.9. The van der Waals surface area contributed by atoms with Crippen LogP contribution in [0.25, 0.3) is 0 Å². The number of benzene rings is 3. The number of sulfonamides is 2. The van der Waals surface area contributed by atoms with Crippen molar-refractivity contribution in [2.75, 3.05) is 9.44 Å². The molecule has 3 rings (SSSR count). The largest absolute Gasteiger partial charge is 0.416 e. The highest BCUT2D eigenvalue weighted by molar-refractivity contribution is 7.93. The fourth-order valence-electron chi connectivity index (χ4n) is 2.50. The second kappa shape index (κ2) is 8.00. The Bertz CT molecular complexity index is 1260. The van der Waals surface area contributed by atoms with Gasteiger partial charge in [0.1, 0.15) is 0 Å². The van der Waals surface area contributed by atoms with Gasteiger partial charge in [0.15, 0.2) is 0 Å². The molecule has 11 heteroatoms. The van der Waals surface area contributed by atoms with Crippen molar-refractivity contribution in [2.45, 2.75) is 16.0 Å². The van der Waals surface area contributed by atoms with Crippen LogP contribution in [0.4, 0.5) is 24.5 Å². The predicted octanol–water partition coefficient (Wildman–Crippen LogP) is 4.31. The molecule has 0 saturated carbocycles. The standard InChI is InChI=1S/C19H15F3N2O4S2/c20-19(21,22)14-6-4-10-17(12-14)29(25,26)24-16-9-5-11-18(13-16)30(27,28)23-15-7-2-1-3-8-15/h1-13,23-24H. The molecule has 0 atom stereocenters. The van der Waals surface area contributed by atoms with Crippen molar-refractivity contribution in [1.29, 1.82) is 0 Å². The van der Waals surface area contributed by atoms with Crippen molar-refractivity contribution in [1.82, 2.24) is 0 Å². The Kier molecular flexibility index (Phi) is 5.77. The number of hydrogen-bond acceptors (Lipinski definition) is 4. The van der Waals surface area contributed by atoms with E-state index < -0.39 is 36.7 Å². The quantitative estimate of drug-likeness (QED) is 0.578.